The summed E-state index contributed by atoms with van der Waals surface area (Å²) in [6.45, 7) is 0.708. The predicted octanol–water partition coefficient (Wildman–Crippen LogP) is 4.43. The lowest BCUT2D eigenvalue weighted by molar-refractivity contribution is -0.384. The monoisotopic (exact) mass is 445 g/mol. The summed E-state index contributed by atoms with van der Waals surface area (Å²) in [7, 11) is 0. The number of thiocarbonyl (C=S) groups is 1. The van der Waals surface area contributed by atoms with Gasteiger partial charge in [0.15, 0.2) is 5.11 Å². The third-order valence-corrected chi connectivity index (χ3v) is 5.21. The van der Waals surface area contributed by atoms with Crippen LogP contribution in [0.2, 0.25) is 0 Å². The Hall–Kier alpha value is -4.04. The predicted molar refractivity (Wildman–Crippen MR) is 125 cm³/mol. The van der Waals surface area contributed by atoms with Crippen LogP contribution in [-0.4, -0.2) is 20.8 Å². The zero-order chi connectivity index (χ0) is 22.5. The van der Waals surface area contributed by atoms with Crippen molar-refractivity contribution < 1.29 is 14.5 Å². The summed E-state index contributed by atoms with van der Waals surface area (Å²) < 4.78 is 5.79. The van der Waals surface area contributed by atoms with Crippen molar-refractivity contribution in [2.75, 3.05) is 0 Å². The summed E-state index contributed by atoms with van der Waals surface area (Å²) in [6, 6.07) is 23.4. The molecule has 3 aromatic carbocycles. The average molecular weight is 446 g/mol. The molecule has 0 spiro atoms. The smallest absolute Gasteiger partial charge is 0.276 e. The van der Waals surface area contributed by atoms with Crippen molar-refractivity contribution in [3.05, 3.63) is 111 Å². The highest BCUT2D eigenvalue weighted by Gasteiger charge is 2.30. The Kier molecular flexibility index (Phi) is 6.23. The van der Waals surface area contributed by atoms with Crippen molar-refractivity contribution in [2.45, 2.75) is 13.2 Å². The summed E-state index contributed by atoms with van der Waals surface area (Å²) in [6.07, 6.45) is 1.73. The molecule has 0 bridgehead atoms. The fraction of sp³-hybridized carbons (Fsp3) is 0.0833. The van der Waals surface area contributed by atoms with E-state index < -0.39 is 4.92 Å². The van der Waals surface area contributed by atoms with Gasteiger partial charge in [-0.05, 0) is 47.1 Å². The van der Waals surface area contributed by atoms with Crippen LogP contribution in [0.15, 0.2) is 84.6 Å². The molecule has 1 N–H and O–H groups in total. The Bertz CT molecular complexity index is 1180. The Morgan fingerprint density at radius 3 is 2.31 bits per heavy atom. The molecule has 8 heteroatoms. The van der Waals surface area contributed by atoms with E-state index >= 15 is 0 Å². The van der Waals surface area contributed by atoms with E-state index in [0.717, 1.165) is 22.4 Å². The number of benzene rings is 3. The maximum Gasteiger partial charge on any atom is 0.276 e. The average Bonchev–Trinajstić information content (AvgIpc) is 3.07. The first-order valence-corrected chi connectivity index (χ1v) is 10.2. The molecule has 1 saturated heterocycles. The van der Waals surface area contributed by atoms with Crippen LogP contribution in [0.4, 0.5) is 5.69 Å². The fourth-order valence-corrected chi connectivity index (χ4v) is 3.45. The zero-order valence-electron chi connectivity index (χ0n) is 16.9. The van der Waals surface area contributed by atoms with Gasteiger partial charge in [0.25, 0.3) is 11.6 Å². The Morgan fingerprint density at radius 1 is 0.969 bits per heavy atom. The number of carbonyl (C=O) groups excluding carboxylic acids is 1. The number of nitro groups is 1. The van der Waals surface area contributed by atoms with E-state index in [1.54, 1.807) is 18.2 Å². The summed E-state index contributed by atoms with van der Waals surface area (Å²) in [5, 5.41) is 14.0. The van der Waals surface area contributed by atoms with Crippen LogP contribution >= 0.6 is 12.2 Å². The molecule has 7 nitrogen and oxygen atoms in total. The van der Waals surface area contributed by atoms with Crippen LogP contribution in [0.3, 0.4) is 0 Å². The number of rotatable bonds is 7. The van der Waals surface area contributed by atoms with Crippen molar-refractivity contribution in [3.63, 3.8) is 0 Å². The zero-order valence-corrected chi connectivity index (χ0v) is 17.7. The summed E-state index contributed by atoms with van der Waals surface area (Å²) in [5.74, 6) is 0.481. The Balaban J connectivity index is 1.40. The van der Waals surface area contributed by atoms with Gasteiger partial charge in [0.1, 0.15) is 18.1 Å². The lowest BCUT2D eigenvalue weighted by Gasteiger charge is -2.13. The van der Waals surface area contributed by atoms with Gasteiger partial charge in [0.2, 0.25) is 0 Å². The number of nitro benzene ring substituents is 1. The minimum atomic E-state index is -0.462. The fourth-order valence-electron chi connectivity index (χ4n) is 3.19. The van der Waals surface area contributed by atoms with Crippen LogP contribution in [0.25, 0.3) is 6.08 Å². The minimum absolute atomic E-state index is 0.000945. The topological polar surface area (TPSA) is 84.7 Å². The maximum atomic E-state index is 12.8. The highest BCUT2D eigenvalue weighted by Crippen LogP contribution is 2.20. The van der Waals surface area contributed by atoms with Gasteiger partial charge in [0, 0.05) is 12.1 Å². The van der Waals surface area contributed by atoms with Gasteiger partial charge in [-0.25, -0.2) is 0 Å². The van der Waals surface area contributed by atoms with Gasteiger partial charge in [-0.1, -0.05) is 54.6 Å². The molecule has 1 aliphatic rings. The number of nitrogens with zero attached hydrogens (tertiary/aromatic N) is 2. The van der Waals surface area contributed by atoms with Crippen LogP contribution in [0, 0.1) is 10.1 Å². The van der Waals surface area contributed by atoms with Gasteiger partial charge in [-0.2, -0.15) is 0 Å². The second-order valence-corrected chi connectivity index (χ2v) is 7.53. The van der Waals surface area contributed by atoms with Crippen LogP contribution in [0.5, 0.6) is 5.75 Å². The highest BCUT2D eigenvalue weighted by atomic mass is 32.1. The largest absolute Gasteiger partial charge is 0.489 e. The summed E-state index contributed by atoms with van der Waals surface area (Å²) >= 11 is 5.30. The molecule has 160 valence electrons. The quantitative estimate of drug-likeness (QED) is 0.251. The van der Waals surface area contributed by atoms with E-state index in [0.29, 0.717) is 17.4 Å². The number of nitrogens with one attached hydrogen (secondary N) is 1. The van der Waals surface area contributed by atoms with E-state index in [1.165, 1.54) is 17.0 Å². The van der Waals surface area contributed by atoms with Gasteiger partial charge in [-0.3, -0.25) is 19.8 Å². The number of hydrogen-bond acceptors (Lipinski definition) is 5. The lowest BCUT2D eigenvalue weighted by atomic mass is 10.1. The van der Waals surface area contributed by atoms with Crippen LogP contribution in [0.1, 0.15) is 16.7 Å². The van der Waals surface area contributed by atoms with Crippen molar-refractivity contribution in [2.24, 2.45) is 0 Å². The molecule has 0 atom stereocenters. The number of carbonyl (C=O) groups is 1. The molecule has 0 radical (unpaired) electrons. The van der Waals surface area contributed by atoms with Crippen LogP contribution < -0.4 is 10.1 Å². The number of non-ortho nitro benzene ring substituents is 1. The first-order valence-electron chi connectivity index (χ1n) is 9.84. The first kappa shape index (κ1) is 21.2. The molecule has 1 amide bonds. The molecular formula is C24H19N3O4S. The van der Waals surface area contributed by atoms with Gasteiger partial charge >= 0.3 is 0 Å². The van der Waals surface area contributed by atoms with E-state index in [4.69, 9.17) is 17.0 Å². The molecule has 4 rings (SSSR count). The van der Waals surface area contributed by atoms with Crippen molar-refractivity contribution in [3.8, 4) is 5.75 Å². The second kappa shape index (κ2) is 9.40. The number of hydrogen-bond donors (Lipinski definition) is 1. The molecule has 0 aliphatic carbocycles. The molecule has 0 unspecified atom stereocenters. The third-order valence-electron chi connectivity index (χ3n) is 4.89. The molecule has 3 aromatic rings. The molecule has 32 heavy (non-hydrogen) atoms. The highest BCUT2D eigenvalue weighted by molar-refractivity contribution is 7.80. The molecular weight excluding hydrogens is 426 g/mol. The minimum Gasteiger partial charge on any atom is -0.489 e. The maximum absolute atomic E-state index is 12.8. The molecule has 0 saturated carbocycles. The second-order valence-electron chi connectivity index (χ2n) is 7.15. The summed E-state index contributed by atoms with van der Waals surface area (Å²) in [4.78, 5) is 24.6. The van der Waals surface area contributed by atoms with Gasteiger partial charge in [-0.15, -0.1) is 0 Å². The van der Waals surface area contributed by atoms with Crippen molar-refractivity contribution in [1.82, 2.24) is 10.2 Å². The number of ether oxygens (including phenoxy) is 1. The normalized spacial score (nSPS) is 14.5. The van der Waals surface area contributed by atoms with Crippen molar-refractivity contribution in [1.29, 1.82) is 0 Å². The van der Waals surface area contributed by atoms with E-state index in [9.17, 15) is 14.9 Å². The van der Waals surface area contributed by atoms with E-state index in [-0.39, 0.29) is 18.1 Å². The molecule has 1 fully saturated rings. The molecule has 0 aromatic heterocycles. The van der Waals surface area contributed by atoms with Crippen molar-refractivity contribution >= 4 is 35.0 Å². The molecule has 1 heterocycles. The first-order chi connectivity index (χ1) is 15.5. The standard InChI is InChI=1S/C24H19N3O4S/c28-23-22(25-24(32)26(23)15-18-6-10-20(11-7-18)27(29)30)14-17-8-12-21(13-9-17)31-16-19-4-2-1-3-5-19/h1-14H,15-16H2,(H,25,32)/b22-14-. The van der Waals surface area contributed by atoms with Gasteiger partial charge in [0.05, 0.1) is 11.5 Å². The Morgan fingerprint density at radius 2 is 1.66 bits per heavy atom. The van der Waals surface area contributed by atoms with E-state index in [1.807, 2.05) is 54.6 Å². The summed E-state index contributed by atoms with van der Waals surface area (Å²) in [5.41, 5.74) is 3.03. The SMILES string of the molecule is O=C1/C(=C/c2ccc(OCc3ccccc3)cc2)NC(=S)N1Cc1ccc([N+](=O)[O-])cc1. The van der Waals surface area contributed by atoms with E-state index in [2.05, 4.69) is 5.32 Å². The van der Waals surface area contributed by atoms with Crippen LogP contribution in [-0.2, 0) is 17.9 Å². The third kappa shape index (κ3) is 4.98. The van der Waals surface area contributed by atoms with Gasteiger partial charge < -0.3 is 10.1 Å². The lowest BCUT2D eigenvalue weighted by Crippen LogP contribution is -2.29. The number of amides is 1. The molecule has 1 aliphatic heterocycles. The Labute approximate surface area is 190 Å².